The maximum Gasteiger partial charge on any atom is 0.273 e. The molecule has 0 saturated heterocycles. The first kappa shape index (κ1) is 23.7. The monoisotopic (exact) mass is 459 g/mol. The van der Waals surface area contributed by atoms with Gasteiger partial charge in [0, 0.05) is 35.0 Å². The van der Waals surface area contributed by atoms with Gasteiger partial charge in [-0.25, -0.2) is 8.42 Å². The highest BCUT2D eigenvalue weighted by molar-refractivity contribution is 7.92. The van der Waals surface area contributed by atoms with Crippen LogP contribution in [-0.2, 0) is 10.0 Å². The Morgan fingerprint density at radius 1 is 1.19 bits per heavy atom. The normalized spacial score (nSPS) is 15.6. The Balaban J connectivity index is 1.79. The molecule has 8 nitrogen and oxygen atoms in total. The van der Waals surface area contributed by atoms with Gasteiger partial charge >= 0.3 is 0 Å². The Bertz CT molecular complexity index is 1110. The molecule has 1 amide bonds. The molecule has 2 atom stereocenters. The Morgan fingerprint density at radius 2 is 1.81 bits per heavy atom. The molecular formula is C23H29N3O5S. The zero-order valence-corrected chi connectivity index (χ0v) is 19.6. The van der Waals surface area contributed by atoms with Crippen LogP contribution in [0.4, 0.5) is 11.4 Å². The van der Waals surface area contributed by atoms with Crippen LogP contribution in [0.25, 0.3) is 0 Å². The lowest BCUT2D eigenvalue weighted by molar-refractivity contribution is -0.385. The van der Waals surface area contributed by atoms with Crippen molar-refractivity contribution in [3.05, 3.63) is 63.7 Å². The summed E-state index contributed by atoms with van der Waals surface area (Å²) in [6.07, 6.45) is 3.00. The molecule has 0 radical (unpaired) electrons. The van der Waals surface area contributed by atoms with Crippen LogP contribution in [0.3, 0.4) is 0 Å². The molecule has 0 aliphatic heterocycles. The van der Waals surface area contributed by atoms with Crippen molar-refractivity contribution in [2.45, 2.75) is 63.9 Å². The number of carbonyl (C=O) groups is 1. The van der Waals surface area contributed by atoms with Crippen LogP contribution in [0.15, 0.2) is 47.4 Å². The van der Waals surface area contributed by atoms with Gasteiger partial charge in [-0.2, -0.15) is 0 Å². The molecular weight excluding hydrogens is 430 g/mol. The molecule has 1 N–H and O–H groups in total. The fourth-order valence-corrected chi connectivity index (χ4v) is 4.73. The third-order valence-electron chi connectivity index (χ3n) is 6.15. The third-order valence-corrected chi connectivity index (χ3v) is 7.53. The molecule has 0 spiro atoms. The standard InChI is InChI=1S/C23H29N3O5S/c1-5-15(2)17(4)25(20-11-12-20)23(27)18-7-9-19(10-8-18)24-32(30,31)21-13-6-16(3)22(14-21)26(28)29/h6-10,13-15,17,20,24H,5,11-12H2,1-4H3. The largest absolute Gasteiger partial charge is 0.333 e. The van der Waals surface area contributed by atoms with Crippen LogP contribution in [-0.4, -0.2) is 36.2 Å². The number of nitrogens with zero attached hydrogens (tertiary/aromatic N) is 2. The van der Waals surface area contributed by atoms with Crippen molar-refractivity contribution in [1.29, 1.82) is 0 Å². The predicted octanol–water partition coefficient (Wildman–Crippen LogP) is 4.74. The van der Waals surface area contributed by atoms with Crippen LogP contribution in [0.2, 0.25) is 0 Å². The van der Waals surface area contributed by atoms with Crippen molar-refractivity contribution in [1.82, 2.24) is 4.90 Å². The summed E-state index contributed by atoms with van der Waals surface area (Å²) in [7, 11) is -4.02. The number of benzene rings is 2. The number of carbonyl (C=O) groups excluding carboxylic acids is 1. The van der Waals surface area contributed by atoms with E-state index in [-0.39, 0.29) is 34.3 Å². The average Bonchev–Trinajstić information content (AvgIpc) is 3.58. The highest BCUT2D eigenvalue weighted by Gasteiger charge is 2.37. The van der Waals surface area contributed by atoms with Gasteiger partial charge in [0.25, 0.3) is 21.6 Å². The summed E-state index contributed by atoms with van der Waals surface area (Å²) in [6.45, 7) is 7.87. The van der Waals surface area contributed by atoms with Gasteiger partial charge in [0.05, 0.1) is 9.82 Å². The average molecular weight is 460 g/mol. The van der Waals surface area contributed by atoms with Gasteiger partial charge in [-0.15, -0.1) is 0 Å². The molecule has 1 aliphatic carbocycles. The van der Waals surface area contributed by atoms with Gasteiger partial charge in [0.15, 0.2) is 0 Å². The van der Waals surface area contributed by atoms with E-state index in [1.807, 2.05) is 4.90 Å². The zero-order chi connectivity index (χ0) is 23.6. The van der Waals surface area contributed by atoms with E-state index in [0.717, 1.165) is 25.3 Å². The fraction of sp³-hybridized carbons (Fsp3) is 0.435. The molecule has 1 fully saturated rings. The number of hydrogen-bond donors (Lipinski definition) is 1. The van der Waals surface area contributed by atoms with E-state index in [0.29, 0.717) is 17.0 Å². The summed E-state index contributed by atoms with van der Waals surface area (Å²) in [5.74, 6) is 0.327. The lowest BCUT2D eigenvalue weighted by Gasteiger charge is -2.33. The minimum absolute atomic E-state index is 0.0520. The number of hydrogen-bond acceptors (Lipinski definition) is 5. The van der Waals surface area contributed by atoms with Crippen molar-refractivity contribution in [3.63, 3.8) is 0 Å². The molecule has 1 aliphatic rings. The third kappa shape index (κ3) is 5.09. The number of nitro groups is 1. The minimum atomic E-state index is -4.02. The molecule has 2 aromatic rings. The smallest absolute Gasteiger partial charge is 0.273 e. The molecule has 0 bridgehead atoms. The Kier molecular flexibility index (Phi) is 6.88. The number of aryl methyl sites for hydroxylation is 1. The molecule has 0 aromatic heterocycles. The van der Waals surface area contributed by atoms with Crippen molar-refractivity contribution in [2.75, 3.05) is 4.72 Å². The highest BCUT2D eigenvalue weighted by atomic mass is 32.2. The number of rotatable bonds is 9. The first-order chi connectivity index (χ1) is 15.0. The minimum Gasteiger partial charge on any atom is -0.333 e. The topological polar surface area (TPSA) is 110 Å². The number of amides is 1. The van der Waals surface area contributed by atoms with Crippen molar-refractivity contribution in [2.24, 2.45) is 5.92 Å². The van der Waals surface area contributed by atoms with Crippen LogP contribution in [0, 0.1) is 23.0 Å². The second-order valence-corrected chi connectivity index (χ2v) is 10.1. The second-order valence-electron chi connectivity index (χ2n) is 8.46. The van der Waals surface area contributed by atoms with E-state index >= 15 is 0 Å². The molecule has 3 rings (SSSR count). The summed E-state index contributed by atoms with van der Waals surface area (Å²) in [5, 5.41) is 11.1. The molecule has 32 heavy (non-hydrogen) atoms. The van der Waals surface area contributed by atoms with Gasteiger partial charge in [0.1, 0.15) is 0 Å². The Labute approximate surface area is 188 Å². The SMILES string of the molecule is CCC(C)C(C)N(C(=O)c1ccc(NS(=O)(=O)c2ccc(C)c([N+](=O)[O-])c2)cc1)C1CC1. The van der Waals surface area contributed by atoms with E-state index in [1.165, 1.54) is 24.3 Å². The van der Waals surface area contributed by atoms with E-state index in [1.54, 1.807) is 19.1 Å². The first-order valence-corrected chi connectivity index (χ1v) is 12.2. The zero-order valence-electron chi connectivity index (χ0n) is 18.7. The lowest BCUT2D eigenvalue weighted by atomic mass is 9.98. The van der Waals surface area contributed by atoms with E-state index in [9.17, 15) is 23.3 Å². The number of sulfonamides is 1. The fourth-order valence-electron chi connectivity index (χ4n) is 3.65. The molecule has 0 heterocycles. The quantitative estimate of drug-likeness (QED) is 0.430. The van der Waals surface area contributed by atoms with Gasteiger partial charge in [-0.05, 0) is 62.9 Å². The summed E-state index contributed by atoms with van der Waals surface area (Å²) in [5.41, 5.74) is 0.895. The molecule has 2 aromatic carbocycles. The first-order valence-electron chi connectivity index (χ1n) is 10.8. The molecule has 1 saturated carbocycles. The Morgan fingerprint density at radius 3 is 2.34 bits per heavy atom. The number of nitro benzene ring substituents is 1. The van der Waals surface area contributed by atoms with E-state index < -0.39 is 14.9 Å². The van der Waals surface area contributed by atoms with Crippen molar-refractivity contribution < 1.29 is 18.1 Å². The maximum atomic E-state index is 13.2. The van der Waals surface area contributed by atoms with Crippen LogP contribution in [0.5, 0.6) is 0 Å². The summed E-state index contributed by atoms with van der Waals surface area (Å²) in [6, 6.07) is 10.4. The predicted molar refractivity (Wildman–Crippen MR) is 123 cm³/mol. The lowest BCUT2D eigenvalue weighted by Crippen LogP contribution is -2.43. The van der Waals surface area contributed by atoms with Gasteiger partial charge in [-0.3, -0.25) is 19.6 Å². The summed E-state index contributed by atoms with van der Waals surface area (Å²) in [4.78, 5) is 25.4. The molecule has 2 unspecified atom stereocenters. The number of anilines is 1. The molecule has 9 heteroatoms. The van der Waals surface area contributed by atoms with Crippen molar-refractivity contribution >= 4 is 27.3 Å². The van der Waals surface area contributed by atoms with Crippen LogP contribution in [0.1, 0.15) is 56.0 Å². The molecule has 172 valence electrons. The Hall–Kier alpha value is -2.94. The maximum absolute atomic E-state index is 13.2. The second kappa shape index (κ2) is 9.28. The van der Waals surface area contributed by atoms with Gasteiger partial charge in [-0.1, -0.05) is 26.3 Å². The van der Waals surface area contributed by atoms with E-state index in [4.69, 9.17) is 0 Å². The summed E-state index contributed by atoms with van der Waals surface area (Å²) >= 11 is 0. The van der Waals surface area contributed by atoms with Crippen molar-refractivity contribution in [3.8, 4) is 0 Å². The number of nitrogens with one attached hydrogen (secondary N) is 1. The van der Waals surface area contributed by atoms with E-state index in [2.05, 4.69) is 25.5 Å². The van der Waals surface area contributed by atoms with Gasteiger partial charge in [0.2, 0.25) is 0 Å². The van der Waals surface area contributed by atoms with Crippen LogP contribution >= 0.6 is 0 Å². The van der Waals surface area contributed by atoms with Crippen LogP contribution < -0.4 is 4.72 Å². The van der Waals surface area contributed by atoms with Gasteiger partial charge < -0.3 is 4.90 Å². The summed E-state index contributed by atoms with van der Waals surface area (Å²) < 4.78 is 27.8. The highest BCUT2D eigenvalue weighted by Crippen LogP contribution is 2.33.